The van der Waals surface area contributed by atoms with Gasteiger partial charge in [0.2, 0.25) is 5.91 Å². The Kier molecular flexibility index (Phi) is 5.46. The van der Waals surface area contributed by atoms with Crippen molar-refractivity contribution in [2.45, 2.75) is 24.0 Å². The van der Waals surface area contributed by atoms with Crippen LogP contribution in [0.25, 0.3) is 16.5 Å². The molecule has 0 saturated carbocycles. The number of epoxide rings is 1. The third-order valence-corrected chi connectivity index (χ3v) is 6.79. The lowest BCUT2D eigenvalue weighted by atomic mass is 9.88. The fourth-order valence-electron chi connectivity index (χ4n) is 3.97. The molecule has 2 saturated heterocycles. The highest BCUT2D eigenvalue weighted by Gasteiger charge is 2.44. The van der Waals surface area contributed by atoms with E-state index in [0.29, 0.717) is 23.3 Å². The zero-order valence-electron chi connectivity index (χ0n) is 16.7. The molecule has 2 N–H and O–H groups in total. The standard InChI is InChI=1S/C22H15ClF3N3O3S/c23-13-3-1-11(15(7-13)22(24,25)26)6-14(10-2-4-16-12(5-10)8-27-29-16)18(17-9-32-17)19-20(30)28-21(31)33-19/h1-5,7-8,17,19H,6,9H2,(H,27,29)(H,28,30,31). The number of halogens is 4. The molecule has 2 amide bonds. The lowest BCUT2D eigenvalue weighted by Crippen LogP contribution is -2.28. The fourth-order valence-corrected chi connectivity index (χ4v) is 5.10. The first kappa shape index (κ1) is 22.0. The number of nitrogens with zero attached hydrogens (tertiary/aromatic N) is 1. The Morgan fingerprint density at radius 3 is 2.67 bits per heavy atom. The van der Waals surface area contributed by atoms with E-state index in [1.165, 1.54) is 12.1 Å². The molecule has 2 fully saturated rings. The highest BCUT2D eigenvalue weighted by Crippen LogP contribution is 2.42. The van der Waals surface area contributed by atoms with Crippen molar-refractivity contribution in [3.63, 3.8) is 0 Å². The molecule has 2 aromatic carbocycles. The predicted molar refractivity (Wildman–Crippen MR) is 118 cm³/mol. The summed E-state index contributed by atoms with van der Waals surface area (Å²) in [4.78, 5) is 24.4. The first-order valence-electron chi connectivity index (χ1n) is 9.86. The van der Waals surface area contributed by atoms with Crippen LogP contribution in [-0.2, 0) is 22.1 Å². The number of imide groups is 1. The van der Waals surface area contributed by atoms with Crippen molar-refractivity contribution < 1.29 is 27.5 Å². The van der Waals surface area contributed by atoms with Gasteiger partial charge in [0.1, 0.15) is 11.4 Å². The van der Waals surface area contributed by atoms with Crippen molar-refractivity contribution in [3.8, 4) is 0 Å². The van der Waals surface area contributed by atoms with Gasteiger partial charge < -0.3 is 4.74 Å². The topological polar surface area (TPSA) is 87.4 Å². The van der Waals surface area contributed by atoms with E-state index in [9.17, 15) is 22.8 Å². The summed E-state index contributed by atoms with van der Waals surface area (Å²) >= 11 is 6.66. The van der Waals surface area contributed by atoms with Gasteiger partial charge in [0.15, 0.2) is 0 Å². The summed E-state index contributed by atoms with van der Waals surface area (Å²) in [5.74, 6) is -0.510. The number of carbonyl (C=O) groups is 2. The van der Waals surface area contributed by atoms with Crippen LogP contribution in [0.5, 0.6) is 0 Å². The molecule has 3 aromatic rings. The second-order valence-corrected chi connectivity index (χ2v) is 9.19. The average Bonchev–Trinajstić information content (AvgIpc) is 3.38. The van der Waals surface area contributed by atoms with Gasteiger partial charge in [-0.1, -0.05) is 23.7 Å². The second-order valence-electron chi connectivity index (χ2n) is 7.68. The van der Waals surface area contributed by atoms with Gasteiger partial charge in [-0.25, -0.2) is 0 Å². The van der Waals surface area contributed by atoms with Gasteiger partial charge in [0, 0.05) is 10.4 Å². The maximum Gasteiger partial charge on any atom is 0.416 e. The van der Waals surface area contributed by atoms with E-state index in [2.05, 4.69) is 15.5 Å². The number of benzene rings is 2. The Morgan fingerprint density at radius 1 is 1.21 bits per heavy atom. The normalized spacial score (nSPS) is 21.3. The summed E-state index contributed by atoms with van der Waals surface area (Å²) in [6.45, 7) is 0.318. The fraction of sp³-hybridized carbons (Fsp3) is 0.227. The molecule has 0 aliphatic carbocycles. The van der Waals surface area contributed by atoms with Gasteiger partial charge in [-0.05, 0) is 64.7 Å². The molecule has 170 valence electrons. The number of hydrogen-bond donors (Lipinski definition) is 2. The van der Waals surface area contributed by atoms with E-state index in [1.807, 2.05) is 0 Å². The van der Waals surface area contributed by atoms with Gasteiger partial charge in [-0.3, -0.25) is 20.0 Å². The number of rotatable bonds is 5. The Balaban J connectivity index is 1.71. The van der Waals surface area contributed by atoms with Crippen molar-refractivity contribution >= 4 is 51.0 Å². The number of amides is 2. The van der Waals surface area contributed by atoms with Crippen LogP contribution in [0.3, 0.4) is 0 Å². The Hall–Kier alpha value is -2.82. The summed E-state index contributed by atoms with van der Waals surface area (Å²) in [5.41, 5.74) is 1.51. The minimum Gasteiger partial charge on any atom is -0.368 e. The number of aromatic amines is 1. The quantitative estimate of drug-likeness (QED) is 0.489. The Labute approximate surface area is 194 Å². The number of allylic oxidation sites excluding steroid dienone is 1. The number of hydrogen-bond acceptors (Lipinski definition) is 5. The minimum atomic E-state index is -4.62. The molecule has 1 aromatic heterocycles. The van der Waals surface area contributed by atoms with Crippen molar-refractivity contribution in [2.24, 2.45) is 0 Å². The zero-order valence-corrected chi connectivity index (χ0v) is 18.3. The van der Waals surface area contributed by atoms with Crippen LogP contribution in [0, 0.1) is 0 Å². The van der Waals surface area contributed by atoms with E-state index in [0.717, 1.165) is 28.7 Å². The molecule has 3 heterocycles. The molecule has 2 aliphatic heterocycles. The SMILES string of the molecule is O=C1NC(=O)C(C(=C(Cc2ccc(Cl)cc2C(F)(F)F)c2ccc3[nH]ncc3c2)C2CO2)S1. The van der Waals surface area contributed by atoms with Gasteiger partial charge in [0.05, 0.1) is 23.9 Å². The van der Waals surface area contributed by atoms with E-state index in [-0.39, 0.29) is 17.0 Å². The molecule has 33 heavy (non-hydrogen) atoms. The average molecular weight is 494 g/mol. The number of carbonyl (C=O) groups excluding carboxylic acids is 2. The second kappa shape index (κ2) is 8.19. The summed E-state index contributed by atoms with van der Waals surface area (Å²) in [5, 5.41) is 8.42. The highest BCUT2D eigenvalue weighted by atomic mass is 35.5. The molecule has 0 spiro atoms. The molecule has 5 rings (SSSR count). The molecule has 2 atom stereocenters. The number of alkyl halides is 3. The molecular formula is C22H15ClF3N3O3S. The summed E-state index contributed by atoms with van der Waals surface area (Å²) in [6.07, 6.45) is -3.61. The lowest BCUT2D eigenvalue weighted by Gasteiger charge is -2.20. The van der Waals surface area contributed by atoms with Crippen LogP contribution in [-0.4, -0.2) is 39.3 Å². The number of ether oxygens (including phenoxy) is 1. The van der Waals surface area contributed by atoms with Gasteiger partial charge >= 0.3 is 6.18 Å². The Morgan fingerprint density at radius 2 is 2.00 bits per heavy atom. The van der Waals surface area contributed by atoms with Crippen molar-refractivity contribution in [1.29, 1.82) is 0 Å². The van der Waals surface area contributed by atoms with Gasteiger partial charge in [0.25, 0.3) is 5.24 Å². The number of fused-ring (bicyclic) bond motifs is 1. The van der Waals surface area contributed by atoms with Gasteiger partial charge in [-0.15, -0.1) is 0 Å². The van der Waals surface area contributed by atoms with Crippen LogP contribution in [0.4, 0.5) is 18.0 Å². The first-order chi connectivity index (χ1) is 15.7. The van der Waals surface area contributed by atoms with E-state index >= 15 is 0 Å². The number of thioether (sulfide) groups is 1. The largest absolute Gasteiger partial charge is 0.416 e. The zero-order chi connectivity index (χ0) is 23.3. The monoisotopic (exact) mass is 493 g/mol. The maximum absolute atomic E-state index is 13.8. The molecule has 0 radical (unpaired) electrons. The summed E-state index contributed by atoms with van der Waals surface area (Å²) in [7, 11) is 0. The predicted octanol–water partition coefficient (Wildman–Crippen LogP) is 4.98. The van der Waals surface area contributed by atoms with E-state index < -0.39 is 34.2 Å². The Bertz CT molecular complexity index is 1320. The maximum atomic E-state index is 13.8. The molecular weight excluding hydrogens is 479 g/mol. The van der Waals surface area contributed by atoms with Crippen molar-refractivity contribution in [1.82, 2.24) is 15.5 Å². The molecule has 11 heteroatoms. The van der Waals surface area contributed by atoms with Crippen LogP contribution in [0.1, 0.15) is 16.7 Å². The van der Waals surface area contributed by atoms with Crippen LogP contribution < -0.4 is 5.32 Å². The first-order valence-corrected chi connectivity index (χ1v) is 11.1. The number of aromatic nitrogens is 2. The van der Waals surface area contributed by atoms with E-state index in [4.69, 9.17) is 16.3 Å². The third-order valence-electron chi connectivity index (χ3n) is 5.53. The van der Waals surface area contributed by atoms with Crippen molar-refractivity contribution in [3.05, 3.63) is 69.9 Å². The number of nitrogens with one attached hydrogen (secondary N) is 2. The molecule has 6 nitrogen and oxygen atoms in total. The summed E-state index contributed by atoms with van der Waals surface area (Å²) < 4.78 is 46.9. The smallest absolute Gasteiger partial charge is 0.368 e. The highest BCUT2D eigenvalue weighted by molar-refractivity contribution is 8.15. The van der Waals surface area contributed by atoms with Crippen LogP contribution in [0.15, 0.2) is 48.2 Å². The summed E-state index contributed by atoms with van der Waals surface area (Å²) in [6, 6.07) is 8.93. The third kappa shape index (κ3) is 4.38. The van der Waals surface area contributed by atoms with Crippen molar-refractivity contribution in [2.75, 3.05) is 6.61 Å². The molecule has 2 unspecified atom stereocenters. The van der Waals surface area contributed by atoms with Crippen LogP contribution in [0.2, 0.25) is 5.02 Å². The van der Waals surface area contributed by atoms with Crippen LogP contribution >= 0.6 is 23.4 Å². The van der Waals surface area contributed by atoms with E-state index in [1.54, 1.807) is 24.4 Å². The number of H-pyrrole nitrogens is 1. The molecule has 0 bridgehead atoms. The minimum absolute atomic E-state index is 0.00192. The van der Waals surface area contributed by atoms with Gasteiger partial charge in [-0.2, -0.15) is 18.3 Å². The molecule has 2 aliphatic rings. The lowest BCUT2D eigenvalue weighted by molar-refractivity contribution is -0.138.